The number of rotatable bonds is 6. The van der Waals surface area contributed by atoms with Crippen LogP contribution < -0.4 is 15.5 Å². The maximum atomic E-state index is 13.2. The summed E-state index contributed by atoms with van der Waals surface area (Å²) in [5.41, 5.74) is 0.626. The topological polar surface area (TPSA) is 53.1 Å². The van der Waals surface area contributed by atoms with Gasteiger partial charge in [-0.25, -0.2) is 4.98 Å². The third-order valence-corrected chi connectivity index (χ3v) is 5.97. The minimum Gasteiger partial charge on any atom is -0.362 e. The van der Waals surface area contributed by atoms with Gasteiger partial charge >= 0.3 is 6.18 Å². The van der Waals surface area contributed by atoms with E-state index >= 15 is 0 Å². The highest BCUT2D eigenvalue weighted by Gasteiger charge is 2.33. The van der Waals surface area contributed by atoms with E-state index in [2.05, 4.69) is 15.6 Å². The molecule has 2 aromatic carbocycles. The normalized spacial score (nSPS) is 19.2. The van der Waals surface area contributed by atoms with Crippen LogP contribution >= 0.6 is 0 Å². The van der Waals surface area contributed by atoms with Crippen molar-refractivity contribution in [2.24, 2.45) is 0 Å². The standard InChI is InChI=1S/C24H28F3N5/c1-32(2)22-19-8-4-6-10-21(19)30-23(31-22)29-18-13-11-17(12-14-18)28-15-16-7-3-5-9-20(16)24(25,26)27/h3-10,17-18,28H,11-15H2,1-2H3,(H,29,30,31). The van der Waals surface area contributed by atoms with E-state index in [0.717, 1.165) is 48.5 Å². The number of nitrogens with zero attached hydrogens (tertiary/aromatic N) is 3. The number of benzene rings is 2. The number of hydrogen-bond donors (Lipinski definition) is 2. The van der Waals surface area contributed by atoms with Crippen molar-refractivity contribution in [3.05, 3.63) is 59.7 Å². The second-order valence-electron chi connectivity index (χ2n) is 8.51. The van der Waals surface area contributed by atoms with Crippen molar-refractivity contribution in [1.29, 1.82) is 0 Å². The summed E-state index contributed by atoms with van der Waals surface area (Å²) < 4.78 is 39.6. The van der Waals surface area contributed by atoms with Crippen molar-refractivity contribution >= 4 is 22.7 Å². The molecule has 0 radical (unpaired) electrons. The molecular formula is C24H28F3N5. The van der Waals surface area contributed by atoms with E-state index in [1.165, 1.54) is 6.07 Å². The van der Waals surface area contributed by atoms with Crippen LogP contribution in [0.3, 0.4) is 0 Å². The average molecular weight is 444 g/mol. The minimum absolute atomic E-state index is 0.198. The summed E-state index contributed by atoms with van der Waals surface area (Å²) in [7, 11) is 3.93. The molecule has 0 atom stereocenters. The number of fused-ring (bicyclic) bond motifs is 1. The largest absolute Gasteiger partial charge is 0.416 e. The highest BCUT2D eigenvalue weighted by atomic mass is 19.4. The van der Waals surface area contributed by atoms with E-state index in [1.807, 2.05) is 43.3 Å². The highest BCUT2D eigenvalue weighted by molar-refractivity contribution is 5.90. The molecular weight excluding hydrogens is 415 g/mol. The predicted octanol–water partition coefficient (Wildman–Crippen LogP) is 5.23. The molecule has 0 bridgehead atoms. The van der Waals surface area contributed by atoms with Crippen LogP contribution in [0.2, 0.25) is 0 Å². The van der Waals surface area contributed by atoms with Gasteiger partial charge in [0.2, 0.25) is 5.95 Å². The van der Waals surface area contributed by atoms with Crippen molar-refractivity contribution < 1.29 is 13.2 Å². The summed E-state index contributed by atoms with van der Waals surface area (Å²) >= 11 is 0. The molecule has 3 aromatic rings. The van der Waals surface area contributed by atoms with E-state index in [4.69, 9.17) is 4.98 Å². The van der Waals surface area contributed by atoms with E-state index in [-0.39, 0.29) is 18.6 Å². The summed E-state index contributed by atoms with van der Waals surface area (Å²) in [5.74, 6) is 1.49. The minimum atomic E-state index is -4.33. The lowest BCUT2D eigenvalue weighted by molar-refractivity contribution is -0.138. The van der Waals surface area contributed by atoms with Gasteiger partial charge in [0.15, 0.2) is 0 Å². The van der Waals surface area contributed by atoms with Gasteiger partial charge in [-0.05, 0) is 49.4 Å². The molecule has 4 rings (SSSR count). The smallest absolute Gasteiger partial charge is 0.362 e. The molecule has 1 saturated carbocycles. The zero-order valence-electron chi connectivity index (χ0n) is 18.3. The molecule has 0 spiro atoms. The lowest BCUT2D eigenvalue weighted by atomic mass is 9.91. The third kappa shape index (κ3) is 5.12. The molecule has 170 valence electrons. The van der Waals surface area contributed by atoms with Gasteiger partial charge in [-0.3, -0.25) is 0 Å². The van der Waals surface area contributed by atoms with E-state index in [9.17, 15) is 13.2 Å². The van der Waals surface area contributed by atoms with E-state index in [0.29, 0.717) is 11.5 Å². The van der Waals surface area contributed by atoms with Crippen LogP contribution in [0.5, 0.6) is 0 Å². The monoisotopic (exact) mass is 443 g/mol. The molecule has 1 aromatic heterocycles. The first-order valence-corrected chi connectivity index (χ1v) is 10.9. The summed E-state index contributed by atoms with van der Waals surface area (Å²) in [4.78, 5) is 11.4. The Labute approximate surface area is 186 Å². The number of hydrogen-bond acceptors (Lipinski definition) is 5. The Morgan fingerprint density at radius 3 is 2.28 bits per heavy atom. The molecule has 5 nitrogen and oxygen atoms in total. The zero-order chi connectivity index (χ0) is 22.7. The quantitative estimate of drug-likeness (QED) is 0.547. The number of para-hydroxylation sites is 1. The number of anilines is 2. The fourth-order valence-corrected chi connectivity index (χ4v) is 4.30. The Morgan fingerprint density at radius 1 is 0.906 bits per heavy atom. The second-order valence-corrected chi connectivity index (χ2v) is 8.51. The summed E-state index contributed by atoms with van der Waals surface area (Å²) in [6, 6.07) is 14.1. The number of nitrogens with one attached hydrogen (secondary N) is 2. The SMILES string of the molecule is CN(C)c1nc(NC2CCC(NCc3ccccc3C(F)(F)F)CC2)nc2ccccc12. The molecule has 1 aliphatic carbocycles. The number of halogens is 3. The molecule has 32 heavy (non-hydrogen) atoms. The van der Waals surface area contributed by atoms with Crippen molar-refractivity contribution in [2.75, 3.05) is 24.3 Å². The maximum Gasteiger partial charge on any atom is 0.416 e. The van der Waals surface area contributed by atoms with E-state index < -0.39 is 11.7 Å². The van der Waals surface area contributed by atoms with Crippen LogP contribution in [-0.4, -0.2) is 36.1 Å². The van der Waals surface area contributed by atoms with E-state index in [1.54, 1.807) is 12.1 Å². The van der Waals surface area contributed by atoms with Crippen molar-refractivity contribution in [3.63, 3.8) is 0 Å². The van der Waals surface area contributed by atoms with Crippen molar-refractivity contribution in [1.82, 2.24) is 15.3 Å². The molecule has 0 unspecified atom stereocenters. The average Bonchev–Trinajstić information content (AvgIpc) is 2.77. The van der Waals surface area contributed by atoms with Crippen LogP contribution in [-0.2, 0) is 12.7 Å². The zero-order valence-corrected chi connectivity index (χ0v) is 18.3. The molecule has 0 saturated heterocycles. The number of aromatic nitrogens is 2. The van der Waals surface area contributed by atoms with Gasteiger partial charge < -0.3 is 15.5 Å². The molecule has 2 N–H and O–H groups in total. The van der Waals surface area contributed by atoms with Gasteiger partial charge in [-0.2, -0.15) is 18.2 Å². The summed E-state index contributed by atoms with van der Waals surface area (Å²) in [6.07, 6.45) is -0.733. The van der Waals surface area contributed by atoms with Crippen LogP contribution in [0.1, 0.15) is 36.8 Å². The Balaban J connectivity index is 1.35. The molecule has 1 aliphatic rings. The molecule has 8 heteroatoms. The molecule has 1 heterocycles. The fraction of sp³-hybridized carbons (Fsp3) is 0.417. The maximum absolute atomic E-state index is 13.2. The molecule has 0 amide bonds. The number of alkyl halides is 3. The van der Waals surface area contributed by atoms with Gasteiger partial charge in [0.05, 0.1) is 11.1 Å². The fourth-order valence-electron chi connectivity index (χ4n) is 4.30. The van der Waals surface area contributed by atoms with Gasteiger partial charge in [0.25, 0.3) is 0 Å². The molecule has 0 aliphatic heterocycles. The van der Waals surface area contributed by atoms with Crippen LogP contribution in [0.15, 0.2) is 48.5 Å². The van der Waals surface area contributed by atoms with Crippen LogP contribution in [0.4, 0.5) is 24.9 Å². The predicted molar refractivity (Wildman–Crippen MR) is 122 cm³/mol. The van der Waals surface area contributed by atoms with Crippen LogP contribution in [0.25, 0.3) is 10.9 Å². The molecule has 1 fully saturated rings. The van der Waals surface area contributed by atoms with Crippen molar-refractivity contribution in [2.45, 2.75) is 50.5 Å². The van der Waals surface area contributed by atoms with Gasteiger partial charge in [0, 0.05) is 38.1 Å². The first kappa shape index (κ1) is 22.3. The summed E-state index contributed by atoms with van der Waals surface area (Å²) in [6.45, 7) is 0.221. The van der Waals surface area contributed by atoms with Crippen LogP contribution in [0, 0.1) is 0 Å². The van der Waals surface area contributed by atoms with Gasteiger partial charge in [-0.15, -0.1) is 0 Å². The lowest BCUT2D eigenvalue weighted by Gasteiger charge is -2.30. The van der Waals surface area contributed by atoms with Gasteiger partial charge in [-0.1, -0.05) is 30.3 Å². The first-order valence-electron chi connectivity index (χ1n) is 10.9. The highest BCUT2D eigenvalue weighted by Crippen LogP contribution is 2.32. The Bertz CT molecular complexity index is 1060. The van der Waals surface area contributed by atoms with Crippen molar-refractivity contribution in [3.8, 4) is 0 Å². The second kappa shape index (κ2) is 9.32. The first-order chi connectivity index (χ1) is 15.3. The third-order valence-electron chi connectivity index (χ3n) is 5.97. The Hall–Kier alpha value is -2.87. The Morgan fingerprint density at radius 2 is 1.56 bits per heavy atom. The van der Waals surface area contributed by atoms with Gasteiger partial charge in [0.1, 0.15) is 5.82 Å². The Kier molecular flexibility index (Phi) is 6.50. The summed E-state index contributed by atoms with van der Waals surface area (Å²) in [5, 5.41) is 7.79. The lowest BCUT2D eigenvalue weighted by Crippen LogP contribution is -2.37.